The van der Waals surface area contributed by atoms with Crippen molar-refractivity contribution in [1.82, 2.24) is 19.4 Å². The van der Waals surface area contributed by atoms with Crippen LogP contribution in [0.2, 0.25) is 0 Å². The van der Waals surface area contributed by atoms with Crippen LogP contribution in [0.3, 0.4) is 0 Å². The van der Waals surface area contributed by atoms with Crippen LogP contribution in [0, 0.1) is 19.7 Å². The van der Waals surface area contributed by atoms with Gasteiger partial charge in [0, 0.05) is 77.3 Å². The standard InChI is InChI=1S/C27H28FN5O2.5F2/c1-18-14-20(4-9-24(18)32-16-19(2)29-17-32)15-23-26(35)33-25(21-5-7-22(28)8-6-21)10-12-31(11-3-13-34)27(33)30-23;5*1-2/h4-9,14-17,25,34H,3,10-13H2,1-2H3;;;;;/b23-15-;;;;;/t25-;;;;;/m1...../s1. The molecule has 2 aliphatic rings. The molecule has 45 heavy (non-hydrogen) atoms. The molecule has 0 bridgehead atoms. The smallest absolute Gasteiger partial charge is 0.279 e. The average molecular weight is 664 g/mol. The molecule has 5 rings (SSSR count). The quantitative estimate of drug-likeness (QED) is 0.213. The third-order valence-electron chi connectivity index (χ3n) is 6.50. The number of rotatable bonds is 6. The van der Waals surface area contributed by atoms with Crippen LogP contribution in [0.15, 0.2) is 65.7 Å². The van der Waals surface area contributed by atoms with Gasteiger partial charge in [-0.2, -0.15) is 0 Å². The van der Waals surface area contributed by atoms with Gasteiger partial charge in [-0.05, 0) is 73.7 Å². The molecule has 2 aliphatic heterocycles. The molecule has 3 heterocycles. The number of aliphatic imine (C=N–C) groups is 1. The molecule has 0 unspecified atom stereocenters. The molecule has 0 radical (unpaired) electrons. The number of imidazole rings is 1. The number of hydrogen-bond acceptors (Lipinski definition) is 5. The third kappa shape index (κ3) is 10.6. The van der Waals surface area contributed by atoms with E-state index in [1.165, 1.54) is 12.1 Å². The number of aromatic nitrogens is 2. The second-order valence-electron chi connectivity index (χ2n) is 9.01. The van der Waals surface area contributed by atoms with Crippen LogP contribution >= 0.6 is 0 Å². The Morgan fingerprint density at radius 1 is 0.933 bits per heavy atom. The van der Waals surface area contributed by atoms with Crippen molar-refractivity contribution >= 4 is 17.9 Å². The summed E-state index contributed by atoms with van der Waals surface area (Å²) in [4.78, 5) is 26.4. The lowest BCUT2D eigenvalue weighted by atomic mass is 9.99. The second kappa shape index (κ2) is 22.1. The van der Waals surface area contributed by atoms with Crippen molar-refractivity contribution in [3.8, 4) is 5.69 Å². The van der Waals surface area contributed by atoms with Crippen molar-refractivity contribution in [1.29, 1.82) is 0 Å². The van der Waals surface area contributed by atoms with Crippen molar-refractivity contribution in [3.63, 3.8) is 0 Å². The predicted octanol–water partition coefficient (Wildman–Crippen LogP) is 8.20. The Morgan fingerprint density at radius 3 is 2.09 bits per heavy atom. The van der Waals surface area contributed by atoms with Gasteiger partial charge in [0.1, 0.15) is 11.5 Å². The number of amides is 1. The highest BCUT2D eigenvalue weighted by Gasteiger charge is 2.42. The van der Waals surface area contributed by atoms with Crippen LogP contribution in [0.25, 0.3) is 11.8 Å². The molecule has 1 atom stereocenters. The van der Waals surface area contributed by atoms with Gasteiger partial charge in [-0.3, -0.25) is 9.69 Å². The summed E-state index contributed by atoms with van der Waals surface area (Å²) in [6, 6.07) is 12.1. The Hall–Kier alpha value is -4.48. The highest BCUT2D eigenvalue weighted by atomic mass is 20.0. The van der Waals surface area contributed by atoms with Gasteiger partial charge in [0.05, 0.1) is 18.1 Å². The zero-order valence-corrected chi connectivity index (χ0v) is 23.6. The van der Waals surface area contributed by atoms with E-state index in [2.05, 4.69) is 4.98 Å². The summed E-state index contributed by atoms with van der Waals surface area (Å²) in [6.07, 6.45) is 6.87. The topological polar surface area (TPSA) is 74.0 Å². The summed E-state index contributed by atoms with van der Waals surface area (Å²) in [7, 11) is 0. The molecule has 1 saturated heterocycles. The Morgan fingerprint density at radius 2 is 1.56 bits per heavy atom. The van der Waals surface area contributed by atoms with Gasteiger partial charge >= 0.3 is 0 Å². The van der Waals surface area contributed by atoms with Crippen molar-refractivity contribution in [2.75, 3.05) is 19.7 Å². The van der Waals surface area contributed by atoms with E-state index in [1.807, 2.05) is 53.8 Å². The Balaban J connectivity index is 0.00000177. The van der Waals surface area contributed by atoms with Crippen LogP contribution in [-0.2, 0) is 4.79 Å². The number of halogens is 11. The van der Waals surface area contributed by atoms with Gasteiger partial charge in [0.25, 0.3) is 5.91 Å². The number of carbonyl (C=O) groups excluding carboxylic acids is 1. The van der Waals surface area contributed by atoms with Crippen LogP contribution in [-0.4, -0.2) is 56.0 Å². The lowest BCUT2D eigenvalue weighted by molar-refractivity contribution is -0.125. The van der Waals surface area contributed by atoms with Gasteiger partial charge in [0.15, 0.2) is 0 Å². The average Bonchev–Trinajstić information content (AvgIpc) is 3.68. The van der Waals surface area contributed by atoms with Crippen LogP contribution in [0.4, 0.5) is 50.1 Å². The molecular formula is C27H28F11N5O2. The number of aliphatic hydroxyl groups excluding tert-OH is 1. The van der Waals surface area contributed by atoms with Gasteiger partial charge in [-0.25, -0.2) is 14.4 Å². The fourth-order valence-electron chi connectivity index (χ4n) is 4.77. The summed E-state index contributed by atoms with van der Waals surface area (Å²) in [6.45, 7) is 5.37. The van der Waals surface area contributed by atoms with Crippen molar-refractivity contribution in [3.05, 3.63) is 88.9 Å². The molecule has 0 spiro atoms. The molecule has 7 nitrogen and oxygen atoms in total. The van der Waals surface area contributed by atoms with E-state index in [1.54, 1.807) is 23.4 Å². The first-order chi connectivity index (χ1) is 21.9. The lowest BCUT2D eigenvalue weighted by Crippen LogP contribution is -2.51. The molecule has 1 N–H and O–H groups in total. The maximum absolute atomic E-state index is 13.6. The van der Waals surface area contributed by atoms with Crippen LogP contribution < -0.4 is 0 Å². The summed E-state index contributed by atoms with van der Waals surface area (Å²) in [5.41, 5.74) is 5.17. The summed E-state index contributed by atoms with van der Waals surface area (Å²) in [5.74, 6) is 0.119. The normalized spacial score (nSPS) is 15.3. The minimum Gasteiger partial charge on any atom is -0.396 e. The second-order valence-corrected chi connectivity index (χ2v) is 9.01. The minimum atomic E-state index is -0.305. The van der Waals surface area contributed by atoms with E-state index in [0.717, 1.165) is 28.1 Å². The van der Waals surface area contributed by atoms with Crippen molar-refractivity contribution in [2.24, 2.45) is 4.99 Å². The van der Waals surface area contributed by atoms with Gasteiger partial charge < -0.3 is 14.6 Å². The van der Waals surface area contributed by atoms with E-state index < -0.39 is 0 Å². The van der Waals surface area contributed by atoms with Gasteiger partial charge in [-0.1, -0.05) is 18.2 Å². The molecular weight excluding hydrogens is 635 g/mol. The molecule has 18 heteroatoms. The Bertz CT molecular complexity index is 1340. The van der Waals surface area contributed by atoms with Crippen LogP contribution in [0.1, 0.15) is 41.3 Å². The maximum Gasteiger partial charge on any atom is 0.279 e. The van der Waals surface area contributed by atoms with Crippen molar-refractivity contribution < 1.29 is 60.0 Å². The molecule has 1 aromatic heterocycles. The van der Waals surface area contributed by atoms with E-state index in [4.69, 9.17) is 50.7 Å². The van der Waals surface area contributed by atoms with Crippen molar-refractivity contribution in [2.45, 2.75) is 32.7 Å². The van der Waals surface area contributed by atoms with E-state index in [9.17, 15) is 14.3 Å². The zero-order chi connectivity index (χ0) is 34.5. The Labute approximate surface area is 249 Å². The molecule has 0 aliphatic carbocycles. The predicted molar refractivity (Wildman–Crippen MR) is 143 cm³/mol. The first kappa shape index (κ1) is 40.5. The fraction of sp³-hybridized carbons (Fsp3) is 0.296. The lowest BCUT2D eigenvalue weighted by Gasteiger charge is -2.40. The number of nitrogens with zero attached hydrogens (tertiary/aromatic N) is 5. The summed E-state index contributed by atoms with van der Waals surface area (Å²) >= 11 is 0. The first-order valence-electron chi connectivity index (χ1n) is 12.5. The third-order valence-corrected chi connectivity index (χ3v) is 6.50. The highest BCUT2D eigenvalue weighted by Crippen LogP contribution is 2.36. The Kier molecular flexibility index (Phi) is 19.9. The summed E-state index contributed by atoms with van der Waals surface area (Å²) < 4.78 is 95.5. The molecule has 1 amide bonds. The monoisotopic (exact) mass is 663 g/mol. The molecule has 2 aromatic carbocycles. The van der Waals surface area contributed by atoms with E-state index in [0.29, 0.717) is 37.6 Å². The number of aryl methyl sites for hydroxylation is 2. The first-order valence-corrected chi connectivity index (χ1v) is 12.5. The fourth-order valence-corrected chi connectivity index (χ4v) is 4.77. The number of aliphatic hydroxyl groups is 1. The number of fused-ring (bicyclic) bond motifs is 1. The van der Waals surface area contributed by atoms with E-state index >= 15 is 0 Å². The molecule has 250 valence electrons. The van der Waals surface area contributed by atoms with Gasteiger partial charge in [-0.15, -0.1) is 0 Å². The number of carbonyl (C=O) groups is 1. The number of hydrogen-bond donors (Lipinski definition) is 1. The minimum absolute atomic E-state index is 0.0733. The molecule has 3 aromatic rings. The number of benzene rings is 2. The number of guanidine groups is 1. The van der Waals surface area contributed by atoms with Crippen LogP contribution in [0.5, 0.6) is 0 Å². The molecule has 0 saturated carbocycles. The summed E-state index contributed by atoms with van der Waals surface area (Å²) in [5, 5.41) is 9.32. The largest absolute Gasteiger partial charge is 0.396 e. The molecule has 1 fully saturated rings. The highest BCUT2D eigenvalue weighted by molar-refractivity contribution is 6.14. The SMILES string of the molecule is Cc1cn(-c2ccc(/C=C3\N=C4N(CCCO)CC[C@H](c5ccc(F)cc5)N4C3=O)cc2C)cn1.FF.FF.FF.FF.FF. The maximum atomic E-state index is 13.6. The van der Waals surface area contributed by atoms with Gasteiger partial charge in [0.2, 0.25) is 5.96 Å². The zero-order valence-electron chi connectivity index (χ0n) is 23.6. The van der Waals surface area contributed by atoms with E-state index in [-0.39, 0.29) is 24.4 Å².